The van der Waals surface area contributed by atoms with Gasteiger partial charge in [-0.1, -0.05) is 0 Å². The van der Waals surface area contributed by atoms with Gasteiger partial charge in [-0.3, -0.25) is 4.79 Å². The molecule has 0 aromatic heterocycles. The second-order valence-corrected chi connectivity index (χ2v) is 3.06. The fraction of sp³-hybridized carbons (Fsp3) is 0.222. The van der Waals surface area contributed by atoms with Crippen LogP contribution in [0.5, 0.6) is 11.5 Å². The number of phenolic OH excluding ortho intramolecular Hbond substituents is 2. The molecule has 0 bridgehead atoms. The van der Waals surface area contributed by atoms with Crippen molar-refractivity contribution in [1.29, 1.82) is 0 Å². The lowest BCUT2D eigenvalue weighted by molar-refractivity contribution is 0.0986. The van der Waals surface area contributed by atoms with Crippen molar-refractivity contribution >= 4 is 17.4 Å². The number of phenols is 2. The van der Waals surface area contributed by atoms with E-state index in [1.165, 1.54) is 0 Å². The highest BCUT2D eigenvalue weighted by atomic mass is 35.5. The average Bonchev–Trinajstić information content (AvgIpc) is 2.11. The summed E-state index contributed by atoms with van der Waals surface area (Å²) < 4.78 is 12.8. The Hall–Kier alpha value is -1.29. The third-order valence-electron chi connectivity index (χ3n) is 1.69. The van der Waals surface area contributed by atoms with E-state index < -0.39 is 23.1 Å². The molecule has 14 heavy (non-hydrogen) atoms. The van der Waals surface area contributed by atoms with Crippen molar-refractivity contribution in [3.8, 4) is 11.5 Å². The fourth-order valence-corrected chi connectivity index (χ4v) is 1.17. The van der Waals surface area contributed by atoms with Crippen LogP contribution in [0.25, 0.3) is 0 Å². The third-order valence-corrected chi connectivity index (χ3v) is 1.88. The van der Waals surface area contributed by atoms with E-state index in [9.17, 15) is 14.3 Å². The van der Waals surface area contributed by atoms with Crippen LogP contribution in [0.4, 0.5) is 4.39 Å². The first kappa shape index (κ1) is 10.8. The standard InChI is InChI=1S/C9H8ClFO3/c10-2-1-7(12)5-3-6(11)9(14)4-8(5)13/h3-4,13-14H,1-2H2. The van der Waals surface area contributed by atoms with Crippen LogP contribution in [0.1, 0.15) is 16.8 Å². The number of hydrogen-bond acceptors (Lipinski definition) is 3. The van der Waals surface area contributed by atoms with Gasteiger partial charge in [0, 0.05) is 18.4 Å². The Kier molecular flexibility index (Phi) is 3.30. The molecule has 0 heterocycles. The van der Waals surface area contributed by atoms with Crippen LogP contribution in [0.2, 0.25) is 0 Å². The smallest absolute Gasteiger partial charge is 0.167 e. The minimum atomic E-state index is -0.944. The summed E-state index contributed by atoms with van der Waals surface area (Å²) in [5.41, 5.74) is -0.166. The predicted octanol–water partition coefficient (Wildman–Crippen LogP) is 2.05. The third kappa shape index (κ3) is 2.14. The molecule has 0 aliphatic rings. The molecule has 76 valence electrons. The van der Waals surface area contributed by atoms with Gasteiger partial charge < -0.3 is 10.2 Å². The molecular weight excluding hydrogens is 211 g/mol. The van der Waals surface area contributed by atoms with Gasteiger partial charge in [-0.25, -0.2) is 4.39 Å². The van der Waals surface area contributed by atoms with E-state index in [-0.39, 0.29) is 17.9 Å². The molecule has 2 N–H and O–H groups in total. The zero-order valence-corrected chi connectivity index (χ0v) is 7.88. The van der Waals surface area contributed by atoms with Crippen LogP contribution in [0.15, 0.2) is 12.1 Å². The Bertz CT molecular complexity index is 365. The second kappa shape index (κ2) is 4.28. The van der Waals surface area contributed by atoms with Crippen LogP contribution in [-0.4, -0.2) is 21.9 Å². The van der Waals surface area contributed by atoms with Crippen molar-refractivity contribution in [3.05, 3.63) is 23.5 Å². The molecule has 5 heteroatoms. The topological polar surface area (TPSA) is 57.5 Å². The van der Waals surface area contributed by atoms with Gasteiger partial charge >= 0.3 is 0 Å². The summed E-state index contributed by atoms with van der Waals surface area (Å²) in [7, 11) is 0. The SMILES string of the molecule is O=C(CCCl)c1cc(F)c(O)cc1O. The molecule has 0 radical (unpaired) electrons. The van der Waals surface area contributed by atoms with E-state index in [1.54, 1.807) is 0 Å². The number of Topliss-reactive ketones (excluding diaryl/α,β-unsaturated/α-hetero) is 1. The first-order valence-corrected chi connectivity index (χ1v) is 4.40. The monoisotopic (exact) mass is 218 g/mol. The van der Waals surface area contributed by atoms with Crippen molar-refractivity contribution in [2.45, 2.75) is 6.42 Å². The van der Waals surface area contributed by atoms with Crippen molar-refractivity contribution in [2.75, 3.05) is 5.88 Å². The van der Waals surface area contributed by atoms with Gasteiger partial charge in [0.25, 0.3) is 0 Å². The highest BCUT2D eigenvalue weighted by Gasteiger charge is 2.14. The van der Waals surface area contributed by atoms with Crippen LogP contribution >= 0.6 is 11.6 Å². The summed E-state index contributed by atoms with van der Waals surface area (Å²) in [6.45, 7) is 0. The first-order chi connectivity index (χ1) is 6.56. The van der Waals surface area contributed by atoms with E-state index in [0.717, 1.165) is 12.1 Å². The molecule has 1 aromatic rings. The largest absolute Gasteiger partial charge is 0.507 e. The van der Waals surface area contributed by atoms with Crippen LogP contribution in [0.3, 0.4) is 0 Å². The molecule has 0 spiro atoms. The van der Waals surface area contributed by atoms with Crippen LogP contribution in [0, 0.1) is 5.82 Å². The number of ketones is 1. The predicted molar refractivity (Wildman–Crippen MR) is 49.4 cm³/mol. The van der Waals surface area contributed by atoms with Gasteiger partial charge in [0.2, 0.25) is 0 Å². The number of carbonyl (C=O) groups excluding carboxylic acids is 1. The van der Waals surface area contributed by atoms with Crippen molar-refractivity contribution in [3.63, 3.8) is 0 Å². The summed E-state index contributed by atoms with van der Waals surface area (Å²) in [5.74, 6) is -2.44. The summed E-state index contributed by atoms with van der Waals surface area (Å²) in [6.07, 6.45) is 0.0132. The highest BCUT2D eigenvalue weighted by molar-refractivity contribution is 6.19. The number of carbonyl (C=O) groups is 1. The quantitative estimate of drug-likeness (QED) is 0.603. The van der Waals surface area contributed by atoms with Gasteiger partial charge in [0.1, 0.15) is 5.75 Å². The molecule has 0 atom stereocenters. The normalized spacial score (nSPS) is 10.1. The molecule has 0 aliphatic carbocycles. The summed E-state index contributed by atoms with van der Waals surface area (Å²) >= 11 is 5.32. The van der Waals surface area contributed by atoms with E-state index in [0.29, 0.717) is 0 Å². The Labute approximate surface area is 84.7 Å². The van der Waals surface area contributed by atoms with Crippen molar-refractivity contribution in [2.24, 2.45) is 0 Å². The summed E-state index contributed by atoms with van der Waals surface area (Å²) in [5, 5.41) is 18.1. The van der Waals surface area contributed by atoms with Crippen molar-refractivity contribution < 1.29 is 19.4 Å². The zero-order valence-electron chi connectivity index (χ0n) is 7.13. The maximum atomic E-state index is 12.8. The molecule has 3 nitrogen and oxygen atoms in total. The highest BCUT2D eigenvalue weighted by Crippen LogP contribution is 2.26. The van der Waals surface area contributed by atoms with Gasteiger partial charge in [-0.05, 0) is 6.07 Å². The van der Waals surface area contributed by atoms with Crippen molar-refractivity contribution in [1.82, 2.24) is 0 Å². The molecule has 0 fully saturated rings. The van der Waals surface area contributed by atoms with Gasteiger partial charge in [-0.15, -0.1) is 11.6 Å². The van der Waals surface area contributed by atoms with E-state index in [1.807, 2.05) is 0 Å². The molecular formula is C9H8ClFO3. The number of halogens is 2. The number of aromatic hydroxyl groups is 2. The van der Waals surface area contributed by atoms with E-state index in [2.05, 4.69) is 0 Å². The lowest BCUT2D eigenvalue weighted by atomic mass is 10.1. The lowest BCUT2D eigenvalue weighted by Gasteiger charge is -2.03. The molecule has 0 saturated carbocycles. The van der Waals surface area contributed by atoms with Crippen LogP contribution < -0.4 is 0 Å². The minimum Gasteiger partial charge on any atom is -0.507 e. The first-order valence-electron chi connectivity index (χ1n) is 3.87. The molecule has 1 rings (SSSR count). The van der Waals surface area contributed by atoms with E-state index in [4.69, 9.17) is 16.7 Å². The molecule has 1 aromatic carbocycles. The summed E-state index contributed by atoms with van der Waals surface area (Å²) in [6, 6.07) is 1.58. The van der Waals surface area contributed by atoms with Gasteiger partial charge in [-0.2, -0.15) is 0 Å². The maximum absolute atomic E-state index is 12.8. The van der Waals surface area contributed by atoms with E-state index >= 15 is 0 Å². The maximum Gasteiger partial charge on any atom is 0.167 e. The zero-order chi connectivity index (χ0) is 10.7. The Balaban J connectivity index is 3.09. The fourth-order valence-electron chi connectivity index (χ4n) is 0.995. The number of hydrogen-bond donors (Lipinski definition) is 2. The van der Waals surface area contributed by atoms with Gasteiger partial charge in [0.15, 0.2) is 17.3 Å². The summed E-state index contributed by atoms with van der Waals surface area (Å²) in [4.78, 5) is 11.2. The van der Waals surface area contributed by atoms with Crippen LogP contribution in [-0.2, 0) is 0 Å². The molecule has 0 unspecified atom stereocenters. The second-order valence-electron chi connectivity index (χ2n) is 2.68. The minimum absolute atomic E-state index is 0.0132. The number of alkyl halides is 1. The average molecular weight is 219 g/mol. The Morgan fingerprint density at radius 2 is 2.00 bits per heavy atom. The molecule has 0 amide bonds. The number of benzene rings is 1. The Morgan fingerprint density at radius 1 is 1.36 bits per heavy atom. The lowest BCUT2D eigenvalue weighted by Crippen LogP contribution is -2.00. The molecule has 0 saturated heterocycles. The van der Waals surface area contributed by atoms with Gasteiger partial charge in [0.05, 0.1) is 5.56 Å². The molecule has 0 aliphatic heterocycles. The Morgan fingerprint density at radius 3 is 2.57 bits per heavy atom. The number of rotatable bonds is 3.